The predicted octanol–water partition coefficient (Wildman–Crippen LogP) is 7.15. The van der Waals surface area contributed by atoms with Crippen molar-refractivity contribution < 1.29 is 0 Å². The van der Waals surface area contributed by atoms with E-state index in [0.29, 0.717) is 0 Å². The zero-order chi connectivity index (χ0) is 16.9. The Balaban J connectivity index is 1.47. The van der Waals surface area contributed by atoms with Crippen LogP contribution in [0.4, 0.5) is 0 Å². The van der Waals surface area contributed by atoms with Crippen molar-refractivity contribution in [2.45, 2.75) is 40.1 Å². The van der Waals surface area contributed by atoms with Crippen LogP contribution in [0.5, 0.6) is 0 Å². The number of hydrogen-bond donors (Lipinski definition) is 0. The molecule has 0 unspecified atom stereocenters. The van der Waals surface area contributed by atoms with Crippen molar-refractivity contribution in [3.05, 3.63) is 95.6 Å². The third-order valence-electron chi connectivity index (χ3n) is 4.42. The maximum absolute atomic E-state index is 2.43. The molecule has 3 aromatic carbocycles. The van der Waals surface area contributed by atoms with Crippen LogP contribution in [0.3, 0.4) is 0 Å². The second-order valence-electron chi connectivity index (χ2n) is 6.56. The first-order valence-corrected chi connectivity index (χ1v) is 10.8. The van der Waals surface area contributed by atoms with Gasteiger partial charge in [0.2, 0.25) is 0 Å². The highest BCUT2D eigenvalue weighted by Crippen LogP contribution is 2.41. The molecule has 0 saturated heterocycles. The molecule has 1 fully saturated rings. The van der Waals surface area contributed by atoms with Gasteiger partial charge in [0, 0.05) is 21.3 Å². The minimum absolute atomic E-state index is 0.808. The fraction of sp³-hybridized carbons (Fsp3) is 0.217. The number of benzene rings is 3. The number of thioether (sulfide) groups is 2. The van der Waals surface area contributed by atoms with Gasteiger partial charge in [-0.1, -0.05) is 54.6 Å². The molecule has 0 radical (unpaired) electrons. The van der Waals surface area contributed by atoms with Crippen molar-refractivity contribution in [2.24, 2.45) is 0 Å². The maximum Gasteiger partial charge on any atom is 0.0232 e. The smallest absolute Gasteiger partial charge is 0.0232 e. The predicted molar refractivity (Wildman–Crippen MR) is 110 cm³/mol. The fourth-order valence-electron chi connectivity index (χ4n) is 2.98. The fourth-order valence-corrected chi connectivity index (χ4v) is 4.68. The standard InChI is InChI=1S/C23H22S2/c1-3-7-22(8-4-1)24-16-18-13-19(15-21(14-18)20-11-12-20)17-25-23-9-5-2-6-10-23/h1-10,13-15,20H,11-12,16-17H2. The average Bonchev–Trinajstić information content (AvgIpc) is 3.52. The molecule has 0 nitrogen and oxygen atoms in total. The average molecular weight is 363 g/mol. The molecule has 3 aromatic rings. The van der Waals surface area contributed by atoms with Crippen LogP contribution in [0.1, 0.15) is 35.4 Å². The highest BCUT2D eigenvalue weighted by molar-refractivity contribution is 7.98. The first-order valence-electron chi connectivity index (χ1n) is 8.85. The van der Waals surface area contributed by atoms with E-state index in [-0.39, 0.29) is 0 Å². The van der Waals surface area contributed by atoms with Gasteiger partial charge < -0.3 is 0 Å². The van der Waals surface area contributed by atoms with E-state index >= 15 is 0 Å². The lowest BCUT2D eigenvalue weighted by Crippen LogP contribution is -1.91. The van der Waals surface area contributed by atoms with Gasteiger partial charge in [-0.15, -0.1) is 23.5 Å². The van der Waals surface area contributed by atoms with Crippen molar-refractivity contribution in [1.29, 1.82) is 0 Å². The number of rotatable bonds is 7. The van der Waals surface area contributed by atoms with E-state index < -0.39 is 0 Å². The maximum atomic E-state index is 2.43. The summed E-state index contributed by atoms with van der Waals surface area (Å²) in [5, 5.41) is 0. The first kappa shape index (κ1) is 16.8. The molecule has 25 heavy (non-hydrogen) atoms. The summed E-state index contributed by atoms with van der Waals surface area (Å²) in [4.78, 5) is 2.69. The van der Waals surface area contributed by atoms with Gasteiger partial charge in [-0.25, -0.2) is 0 Å². The van der Waals surface area contributed by atoms with E-state index in [9.17, 15) is 0 Å². The Morgan fingerprint density at radius 3 is 1.56 bits per heavy atom. The molecule has 2 heteroatoms. The molecule has 0 aromatic heterocycles. The normalized spacial score (nSPS) is 13.8. The minimum Gasteiger partial charge on any atom is -0.121 e. The summed E-state index contributed by atoms with van der Waals surface area (Å²) in [6.45, 7) is 0. The van der Waals surface area contributed by atoms with Gasteiger partial charge in [0.15, 0.2) is 0 Å². The summed E-state index contributed by atoms with van der Waals surface area (Å²) in [6, 6.07) is 28.7. The second-order valence-corrected chi connectivity index (χ2v) is 8.66. The molecule has 1 aliphatic rings. The van der Waals surface area contributed by atoms with E-state index in [1.807, 2.05) is 23.5 Å². The molecule has 0 spiro atoms. The van der Waals surface area contributed by atoms with Gasteiger partial charge in [-0.2, -0.15) is 0 Å². The SMILES string of the molecule is c1ccc(SCc2cc(CSc3ccccc3)cc(C3CC3)c2)cc1. The van der Waals surface area contributed by atoms with Crippen molar-refractivity contribution in [3.8, 4) is 0 Å². The topological polar surface area (TPSA) is 0 Å². The van der Waals surface area contributed by atoms with Crippen LogP contribution in [-0.2, 0) is 11.5 Å². The quantitative estimate of drug-likeness (QED) is 0.409. The molecule has 0 atom stereocenters. The van der Waals surface area contributed by atoms with Crippen molar-refractivity contribution in [2.75, 3.05) is 0 Å². The second kappa shape index (κ2) is 8.16. The van der Waals surface area contributed by atoms with Crippen LogP contribution in [0, 0.1) is 0 Å². The lowest BCUT2D eigenvalue weighted by molar-refractivity contribution is 1.10. The third-order valence-corrected chi connectivity index (χ3v) is 6.59. The zero-order valence-corrected chi connectivity index (χ0v) is 15.9. The van der Waals surface area contributed by atoms with Gasteiger partial charge in [-0.05, 0) is 59.7 Å². The van der Waals surface area contributed by atoms with E-state index in [4.69, 9.17) is 0 Å². The molecule has 1 aliphatic carbocycles. The Kier molecular flexibility index (Phi) is 5.49. The van der Waals surface area contributed by atoms with Gasteiger partial charge >= 0.3 is 0 Å². The molecule has 1 saturated carbocycles. The largest absolute Gasteiger partial charge is 0.121 e. The van der Waals surface area contributed by atoms with Crippen LogP contribution in [-0.4, -0.2) is 0 Å². The molecule has 0 bridgehead atoms. The van der Waals surface area contributed by atoms with Gasteiger partial charge in [0.1, 0.15) is 0 Å². The van der Waals surface area contributed by atoms with Crippen LogP contribution in [0.2, 0.25) is 0 Å². The summed E-state index contributed by atoms with van der Waals surface area (Å²) >= 11 is 3.86. The van der Waals surface area contributed by atoms with E-state index in [2.05, 4.69) is 78.9 Å². The summed E-state index contributed by atoms with van der Waals surface area (Å²) in [7, 11) is 0. The summed E-state index contributed by atoms with van der Waals surface area (Å²) in [5.41, 5.74) is 4.47. The Bertz CT molecular complexity index is 746. The highest BCUT2D eigenvalue weighted by Gasteiger charge is 2.24. The number of hydrogen-bond acceptors (Lipinski definition) is 2. The van der Waals surface area contributed by atoms with Gasteiger partial charge in [-0.3, -0.25) is 0 Å². The Morgan fingerprint density at radius 1 is 0.640 bits per heavy atom. The summed E-state index contributed by atoms with van der Waals surface area (Å²) in [6.07, 6.45) is 2.72. The van der Waals surface area contributed by atoms with Crippen molar-refractivity contribution >= 4 is 23.5 Å². The molecule has 4 rings (SSSR count). The third kappa shape index (κ3) is 4.93. The lowest BCUT2D eigenvalue weighted by Gasteiger charge is -2.10. The highest BCUT2D eigenvalue weighted by atomic mass is 32.2. The van der Waals surface area contributed by atoms with Crippen LogP contribution in [0.15, 0.2) is 88.7 Å². The van der Waals surface area contributed by atoms with Crippen LogP contribution in [0.25, 0.3) is 0 Å². The van der Waals surface area contributed by atoms with Crippen LogP contribution < -0.4 is 0 Å². The van der Waals surface area contributed by atoms with Crippen LogP contribution >= 0.6 is 23.5 Å². The molecule has 0 N–H and O–H groups in total. The summed E-state index contributed by atoms with van der Waals surface area (Å²) in [5.74, 6) is 2.91. The van der Waals surface area contributed by atoms with Crippen molar-refractivity contribution in [1.82, 2.24) is 0 Å². The molecule has 126 valence electrons. The van der Waals surface area contributed by atoms with Crippen molar-refractivity contribution in [3.63, 3.8) is 0 Å². The zero-order valence-electron chi connectivity index (χ0n) is 14.2. The Labute approximate surface area is 159 Å². The van der Waals surface area contributed by atoms with E-state index in [1.165, 1.54) is 33.8 Å². The monoisotopic (exact) mass is 362 g/mol. The molecular weight excluding hydrogens is 340 g/mol. The van der Waals surface area contributed by atoms with E-state index in [1.54, 1.807) is 5.56 Å². The minimum atomic E-state index is 0.808. The van der Waals surface area contributed by atoms with Gasteiger partial charge in [0.25, 0.3) is 0 Å². The first-order chi connectivity index (χ1) is 12.4. The molecule has 0 heterocycles. The molecular formula is C23H22S2. The molecule has 0 aliphatic heterocycles. The van der Waals surface area contributed by atoms with Gasteiger partial charge in [0.05, 0.1) is 0 Å². The molecule has 0 amide bonds. The Hall–Kier alpha value is -1.64. The lowest BCUT2D eigenvalue weighted by atomic mass is 10.0. The van der Waals surface area contributed by atoms with E-state index in [0.717, 1.165) is 17.4 Å². The summed E-state index contributed by atoms with van der Waals surface area (Å²) < 4.78 is 0. The Morgan fingerprint density at radius 2 is 1.12 bits per heavy atom.